The molecule has 8 heteroatoms. The zero-order valence-corrected chi connectivity index (χ0v) is 16.4. The number of para-hydroxylation sites is 1. The summed E-state index contributed by atoms with van der Waals surface area (Å²) in [7, 11) is 2.54. The smallest absolute Gasteiger partial charge is 0.328 e. The lowest BCUT2D eigenvalue weighted by atomic mass is 10.1. The SMILES string of the molecule is COC(=O)CCC[C@H](NC(=O)CCCCC(=O)Nc1ccccc1)C(=O)OC. The molecule has 0 bridgehead atoms. The van der Waals surface area contributed by atoms with Gasteiger partial charge < -0.3 is 20.1 Å². The van der Waals surface area contributed by atoms with Crippen molar-refractivity contribution >= 4 is 29.4 Å². The molecule has 0 heterocycles. The molecule has 0 aliphatic rings. The van der Waals surface area contributed by atoms with Gasteiger partial charge in [0.15, 0.2) is 0 Å². The second kappa shape index (κ2) is 13.3. The Hall–Kier alpha value is -2.90. The molecule has 8 nitrogen and oxygen atoms in total. The van der Waals surface area contributed by atoms with Gasteiger partial charge in [0.2, 0.25) is 11.8 Å². The number of unbranched alkanes of at least 4 members (excludes halogenated alkanes) is 1. The molecule has 0 fully saturated rings. The average molecular weight is 392 g/mol. The Bertz CT molecular complexity index is 647. The van der Waals surface area contributed by atoms with Crippen molar-refractivity contribution in [3.63, 3.8) is 0 Å². The number of ether oxygens (including phenoxy) is 2. The van der Waals surface area contributed by atoms with E-state index in [4.69, 9.17) is 0 Å². The molecular formula is C20H28N2O6. The molecule has 0 saturated carbocycles. The second-order valence-corrected chi connectivity index (χ2v) is 6.23. The molecule has 1 aromatic rings. The summed E-state index contributed by atoms with van der Waals surface area (Å²) in [5.74, 6) is -1.33. The number of rotatable bonds is 12. The molecule has 2 N–H and O–H groups in total. The molecular weight excluding hydrogens is 364 g/mol. The molecule has 2 amide bonds. The lowest BCUT2D eigenvalue weighted by Crippen LogP contribution is -2.41. The van der Waals surface area contributed by atoms with Crippen LogP contribution in [0.1, 0.15) is 44.9 Å². The second-order valence-electron chi connectivity index (χ2n) is 6.23. The van der Waals surface area contributed by atoms with Crippen LogP contribution in [-0.4, -0.2) is 44.0 Å². The van der Waals surface area contributed by atoms with Crippen LogP contribution in [0, 0.1) is 0 Å². The third kappa shape index (κ3) is 9.70. The summed E-state index contributed by atoms with van der Waals surface area (Å²) in [5, 5.41) is 5.40. The first-order valence-corrected chi connectivity index (χ1v) is 9.25. The first-order valence-electron chi connectivity index (χ1n) is 9.25. The van der Waals surface area contributed by atoms with E-state index in [0.29, 0.717) is 25.7 Å². The minimum Gasteiger partial charge on any atom is -0.469 e. The van der Waals surface area contributed by atoms with E-state index in [-0.39, 0.29) is 37.0 Å². The fraction of sp³-hybridized carbons (Fsp3) is 0.500. The number of anilines is 1. The Labute approximate surface area is 165 Å². The van der Waals surface area contributed by atoms with Gasteiger partial charge in [0.05, 0.1) is 14.2 Å². The first-order chi connectivity index (χ1) is 13.5. The number of hydrogen-bond donors (Lipinski definition) is 2. The molecule has 1 rings (SSSR count). The largest absolute Gasteiger partial charge is 0.469 e. The highest BCUT2D eigenvalue weighted by molar-refractivity contribution is 5.90. The molecule has 1 aromatic carbocycles. The van der Waals surface area contributed by atoms with E-state index in [1.165, 1.54) is 14.2 Å². The lowest BCUT2D eigenvalue weighted by molar-refractivity contribution is -0.146. The molecule has 0 unspecified atom stereocenters. The molecule has 0 aliphatic carbocycles. The Morgan fingerprint density at radius 2 is 1.50 bits per heavy atom. The maximum absolute atomic E-state index is 12.1. The standard InChI is InChI=1S/C20H28N2O6/c1-27-19(25)14-8-11-16(20(26)28-2)22-18(24)13-7-6-12-17(23)21-15-9-4-3-5-10-15/h3-5,9-10,16H,6-8,11-14H2,1-2H3,(H,21,23)(H,22,24)/t16-/m0/s1. The van der Waals surface area contributed by atoms with Crippen molar-refractivity contribution < 1.29 is 28.7 Å². The van der Waals surface area contributed by atoms with Crippen molar-refractivity contribution in [1.82, 2.24) is 5.32 Å². The van der Waals surface area contributed by atoms with E-state index >= 15 is 0 Å². The van der Waals surface area contributed by atoms with Gasteiger partial charge in [-0.15, -0.1) is 0 Å². The van der Waals surface area contributed by atoms with Crippen LogP contribution in [0.15, 0.2) is 30.3 Å². The van der Waals surface area contributed by atoms with E-state index < -0.39 is 12.0 Å². The van der Waals surface area contributed by atoms with Crippen LogP contribution in [0.4, 0.5) is 5.69 Å². The molecule has 0 saturated heterocycles. The number of esters is 2. The summed E-state index contributed by atoms with van der Waals surface area (Å²) in [4.78, 5) is 46.8. The van der Waals surface area contributed by atoms with Gasteiger partial charge in [-0.3, -0.25) is 14.4 Å². The van der Waals surface area contributed by atoms with Gasteiger partial charge in [0.1, 0.15) is 6.04 Å². The van der Waals surface area contributed by atoms with Crippen molar-refractivity contribution in [3.05, 3.63) is 30.3 Å². The minimum absolute atomic E-state index is 0.109. The number of benzene rings is 1. The van der Waals surface area contributed by atoms with Crippen LogP contribution >= 0.6 is 0 Å². The molecule has 28 heavy (non-hydrogen) atoms. The summed E-state index contributed by atoms with van der Waals surface area (Å²) in [6, 6.07) is 8.34. The number of nitrogens with one attached hydrogen (secondary N) is 2. The first kappa shape index (κ1) is 23.1. The molecule has 154 valence electrons. The normalized spacial score (nSPS) is 11.2. The quantitative estimate of drug-likeness (QED) is 0.417. The van der Waals surface area contributed by atoms with E-state index in [2.05, 4.69) is 20.1 Å². The monoisotopic (exact) mass is 392 g/mol. The van der Waals surface area contributed by atoms with Crippen LogP contribution in [0.3, 0.4) is 0 Å². The third-order valence-electron chi connectivity index (χ3n) is 4.04. The molecule has 0 aromatic heterocycles. The number of methoxy groups -OCH3 is 2. The van der Waals surface area contributed by atoms with Gasteiger partial charge in [-0.25, -0.2) is 4.79 Å². The van der Waals surface area contributed by atoms with Gasteiger partial charge in [0.25, 0.3) is 0 Å². The van der Waals surface area contributed by atoms with Gasteiger partial charge in [-0.05, 0) is 37.8 Å². The average Bonchev–Trinajstić information content (AvgIpc) is 2.70. The highest BCUT2D eigenvalue weighted by Gasteiger charge is 2.21. The Morgan fingerprint density at radius 1 is 0.857 bits per heavy atom. The number of carbonyl (C=O) groups excluding carboxylic acids is 4. The molecule has 1 atom stereocenters. The summed E-state index contributed by atoms with van der Waals surface area (Å²) in [6.07, 6.45) is 2.42. The Morgan fingerprint density at radius 3 is 2.11 bits per heavy atom. The highest BCUT2D eigenvalue weighted by Crippen LogP contribution is 2.09. The highest BCUT2D eigenvalue weighted by atomic mass is 16.5. The maximum atomic E-state index is 12.1. The van der Waals surface area contributed by atoms with Crippen LogP contribution in [0.2, 0.25) is 0 Å². The van der Waals surface area contributed by atoms with Gasteiger partial charge in [0, 0.05) is 24.9 Å². The van der Waals surface area contributed by atoms with Crippen molar-refractivity contribution in [1.29, 1.82) is 0 Å². The van der Waals surface area contributed by atoms with E-state index in [9.17, 15) is 19.2 Å². The van der Waals surface area contributed by atoms with Crippen LogP contribution in [0.25, 0.3) is 0 Å². The number of amides is 2. The van der Waals surface area contributed by atoms with E-state index in [1.807, 2.05) is 18.2 Å². The number of carbonyl (C=O) groups is 4. The van der Waals surface area contributed by atoms with Crippen LogP contribution in [-0.2, 0) is 28.7 Å². The zero-order valence-electron chi connectivity index (χ0n) is 16.4. The van der Waals surface area contributed by atoms with Gasteiger partial charge in [-0.2, -0.15) is 0 Å². The number of hydrogen-bond acceptors (Lipinski definition) is 6. The fourth-order valence-electron chi connectivity index (χ4n) is 2.53. The van der Waals surface area contributed by atoms with Gasteiger partial charge >= 0.3 is 11.9 Å². The predicted octanol–water partition coefficient (Wildman–Crippen LogP) is 2.19. The predicted molar refractivity (Wildman–Crippen MR) is 103 cm³/mol. The molecule has 0 radical (unpaired) electrons. The molecule has 0 aliphatic heterocycles. The summed E-state index contributed by atoms with van der Waals surface area (Å²) >= 11 is 0. The van der Waals surface area contributed by atoms with Crippen molar-refractivity contribution in [3.8, 4) is 0 Å². The Balaban J connectivity index is 2.28. The van der Waals surface area contributed by atoms with Crippen molar-refractivity contribution in [2.45, 2.75) is 51.0 Å². The third-order valence-corrected chi connectivity index (χ3v) is 4.04. The van der Waals surface area contributed by atoms with Crippen LogP contribution in [0.5, 0.6) is 0 Å². The van der Waals surface area contributed by atoms with Gasteiger partial charge in [-0.1, -0.05) is 18.2 Å². The molecule has 0 spiro atoms. The lowest BCUT2D eigenvalue weighted by Gasteiger charge is -2.16. The van der Waals surface area contributed by atoms with E-state index in [1.54, 1.807) is 12.1 Å². The summed E-state index contributed by atoms with van der Waals surface area (Å²) in [5.41, 5.74) is 0.734. The zero-order chi connectivity index (χ0) is 20.8. The summed E-state index contributed by atoms with van der Waals surface area (Å²) < 4.78 is 9.24. The van der Waals surface area contributed by atoms with Crippen LogP contribution < -0.4 is 10.6 Å². The van der Waals surface area contributed by atoms with Crippen molar-refractivity contribution in [2.75, 3.05) is 19.5 Å². The van der Waals surface area contributed by atoms with Crippen molar-refractivity contribution in [2.24, 2.45) is 0 Å². The topological polar surface area (TPSA) is 111 Å². The minimum atomic E-state index is -0.802. The maximum Gasteiger partial charge on any atom is 0.328 e. The fourth-order valence-corrected chi connectivity index (χ4v) is 2.53. The Kier molecular flexibility index (Phi) is 11.0. The van der Waals surface area contributed by atoms with E-state index in [0.717, 1.165) is 5.69 Å². The summed E-state index contributed by atoms with van der Waals surface area (Å²) in [6.45, 7) is 0.